The topological polar surface area (TPSA) is 34.1 Å². The smallest absolute Gasteiger partial charge is 0.150 e. The van der Waals surface area contributed by atoms with Gasteiger partial charge in [-0.3, -0.25) is 9.59 Å². The fourth-order valence-corrected chi connectivity index (χ4v) is 3.28. The van der Waals surface area contributed by atoms with Gasteiger partial charge >= 0.3 is 0 Å². The largest absolute Gasteiger partial charge is 0.298 e. The van der Waals surface area contributed by atoms with Crippen LogP contribution in [0.5, 0.6) is 0 Å². The lowest BCUT2D eigenvalue weighted by Gasteiger charge is -2.16. The van der Waals surface area contributed by atoms with E-state index in [-0.39, 0.29) is 0 Å². The van der Waals surface area contributed by atoms with Crippen molar-refractivity contribution in [3.63, 3.8) is 0 Å². The Morgan fingerprint density at radius 1 is 0.720 bits per heavy atom. The summed E-state index contributed by atoms with van der Waals surface area (Å²) in [5.74, 6) is 0. The zero-order valence-electron chi connectivity index (χ0n) is 14.5. The van der Waals surface area contributed by atoms with Crippen LogP contribution in [-0.2, 0) is 6.42 Å². The van der Waals surface area contributed by atoms with Gasteiger partial charge in [0.05, 0.1) is 0 Å². The van der Waals surface area contributed by atoms with Gasteiger partial charge in [-0.1, -0.05) is 67.6 Å². The SMILES string of the molecule is CCc1cc(-c2ccccc2C=O)c(C)cc1-c1ccccc1C=O. The maximum absolute atomic E-state index is 11.4. The van der Waals surface area contributed by atoms with Crippen molar-refractivity contribution in [2.75, 3.05) is 0 Å². The lowest BCUT2D eigenvalue weighted by molar-refractivity contribution is 0.111. The molecule has 0 saturated carbocycles. The molecule has 0 heterocycles. The summed E-state index contributed by atoms with van der Waals surface area (Å²) >= 11 is 0. The van der Waals surface area contributed by atoms with E-state index in [2.05, 4.69) is 19.1 Å². The van der Waals surface area contributed by atoms with Crippen LogP contribution in [0.3, 0.4) is 0 Å². The van der Waals surface area contributed by atoms with E-state index >= 15 is 0 Å². The van der Waals surface area contributed by atoms with Gasteiger partial charge in [-0.05, 0) is 46.7 Å². The molecular formula is C23H20O2. The lowest BCUT2D eigenvalue weighted by Crippen LogP contribution is -1.97. The summed E-state index contributed by atoms with van der Waals surface area (Å²) < 4.78 is 0. The third-order valence-corrected chi connectivity index (χ3v) is 4.59. The van der Waals surface area contributed by atoms with Crippen LogP contribution in [0.15, 0.2) is 60.7 Å². The Bertz CT molecular complexity index is 939. The number of aryl methyl sites for hydroxylation is 2. The van der Waals surface area contributed by atoms with Gasteiger partial charge in [0.15, 0.2) is 12.6 Å². The molecule has 3 rings (SSSR count). The second kappa shape index (κ2) is 7.27. The molecule has 0 aliphatic heterocycles. The van der Waals surface area contributed by atoms with Gasteiger partial charge in [-0.2, -0.15) is 0 Å². The molecule has 2 nitrogen and oxygen atoms in total. The molecule has 0 amide bonds. The highest BCUT2D eigenvalue weighted by atomic mass is 16.1. The fraction of sp³-hybridized carbons (Fsp3) is 0.130. The number of hydrogen-bond acceptors (Lipinski definition) is 2. The molecule has 0 radical (unpaired) electrons. The van der Waals surface area contributed by atoms with Crippen LogP contribution in [0.2, 0.25) is 0 Å². The van der Waals surface area contributed by atoms with E-state index in [1.807, 2.05) is 55.5 Å². The van der Waals surface area contributed by atoms with E-state index in [1.165, 1.54) is 0 Å². The number of carbonyl (C=O) groups excluding carboxylic acids is 2. The average molecular weight is 328 g/mol. The highest BCUT2D eigenvalue weighted by Gasteiger charge is 2.14. The van der Waals surface area contributed by atoms with Crippen molar-refractivity contribution in [1.82, 2.24) is 0 Å². The van der Waals surface area contributed by atoms with E-state index in [0.29, 0.717) is 11.1 Å². The average Bonchev–Trinajstić information content (AvgIpc) is 2.67. The standard InChI is InChI=1S/C23H20O2/c1-3-17-13-22(20-10-6-4-8-18(20)14-24)16(2)12-23(17)21-11-7-5-9-19(21)15-25/h4-15H,3H2,1-2H3. The number of benzene rings is 3. The summed E-state index contributed by atoms with van der Waals surface area (Å²) in [6, 6.07) is 19.6. The summed E-state index contributed by atoms with van der Waals surface area (Å²) in [5, 5.41) is 0. The maximum Gasteiger partial charge on any atom is 0.150 e. The first-order valence-corrected chi connectivity index (χ1v) is 8.42. The van der Waals surface area contributed by atoms with Crippen LogP contribution in [0, 0.1) is 6.92 Å². The van der Waals surface area contributed by atoms with Crippen LogP contribution in [0.4, 0.5) is 0 Å². The Morgan fingerprint density at radius 2 is 1.24 bits per heavy atom. The quantitative estimate of drug-likeness (QED) is 0.578. The molecule has 0 aliphatic rings. The summed E-state index contributed by atoms with van der Waals surface area (Å²) in [7, 11) is 0. The van der Waals surface area contributed by atoms with Gasteiger partial charge in [-0.15, -0.1) is 0 Å². The molecule has 0 atom stereocenters. The van der Waals surface area contributed by atoms with Crippen molar-refractivity contribution < 1.29 is 9.59 Å². The van der Waals surface area contributed by atoms with Crippen molar-refractivity contribution in [3.05, 3.63) is 82.9 Å². The van der Waals surface area contributed by atoms with Gasteiger partial charge in [0.25, 0.3) is 0 Å². The Balaban J connectivity index is 2.24. The van der Waals surface area contributed by atoms with Crippen molar-refractivity contribution in [1.29, 1.82) is 0 Å². The van der Waals surface area contributed by atoms with E-state index in [9.17, 15) is 9.59 Å². The van der Waals surface area contributed by atoms with Crippen LogP contribution in [0.25, 0.3) is 22.3 Å². The molecule has 0 spiro atoms. The van der Waals surface area contributed by atoms with E-state index in [1.54, 1.807) is 0 Å². The van der Waals surface area contributed by atoms with Crippen LogP contribution in [-0.4, -0.2) is 12.6 Å². The molecule has 0 unspecified atom stereocenters. The van der Waals surface area contributed by atoms with Gasteiger partial charge < -0.3 is 0 Å². The number of carbonyl (C=O) groups is 2. The normalized spacial score (nSPS) is 10.5. The molecule has 3 aromatic carbocycles. The number of aldehydes is 2. The third kappa shape index (κ3) is 3.16. The van der Waals surface area contributed by atoms with Gasteiger partial charge in [0, 0.05) is 11.1 Å². The summed E-state index contributed by atoms with van der Waals surface area (Å²) in [6.07, 6.45) is 2.65. The molecule has 0 fully saturated rings. The van der Waals surface area contributed by atoms with Crippen LogP contribution in [0.1, 0.15) is 38.8 Å². The molecule has 0 aliphatic carbocycles. The summed E-state index contributed by atoms with van der Waals surface area (Å²) in [4.78, 5) is 22.8. The van der Waals surface area contributed by atoms with E-state index in [4.69, 9.17) is 0 Å². The molecule has 0 aromatic heterocycles. The van der Waals surface area contributed by atoms with Gasteiger partial charge in [0.2, 0.25) is 0 Å². The van der Waals surface area contributed by atoms with Crippen LogP contribution < -0.4 is 0 Å². The fourth-order valence-electron chi connectivity index (χ4n) is 3.28. The van der Waals surface area contributed by atoms with Crippen molar-refractivity contribution >= 4 is 12.6 Å². The molecule has 3 aromatic rings. The van der Waals surface area contributed by atoms with Crippen molar-refractivity contribution in [2.45, 2.75) is 20.3 Å². The molecule has 0 saturated heterocycles. The Labute approximate surface area is 148 Å². The van der Waals surface area contributed by atoms with Crippen LogP contribution >= 0.6 is 0 Å². The minimum atomic E-state index is 0.689. The Kier molecular flexibility index (Phi) is 4.90. The third-order valence-electron chi connectivity index (χ3n) is 4.59. The number of rotatable bonds is 5. The first kappa shape index (κ1) is 16.8. The summed E-state index contributed by atoms with van der Waals surface area (Å²) in [6.45, 7) is 4.15. The Morgan fingerprint density at radius 3 is 1.76 bits per heavy atom. The Hall–Kier alpha value is -3.00. The molecule has 25 heavy (non-hydrogen) atoms. The van der Waals surface area contributed by atoms with Crippen molar-refractivity contribution in [2.24, 2.45) is 0 Å². The van der Waals surface area contributed by atoms with Crippen molar-refractivity contribution in [3.8, 4) is 22.3 Å². The van der Waals surface area contributed by atoms with Gasteiger partial charge in [-0.25, -0.2) is 0 Å². The minimum absolute atomic E-state index is 0.689. The predicted octanol–water partition coefficient (Wildman–Crippen LogP) is 5.52. The molecule has 0 bridgehead atoms. The predicted molar refractivity (Wildman–Crippen MR) is 102 cm³/mol. The maximum atomic E-state index is 11.4. The first-order chi connectivity index (χ1) is 12.2. The molecule has 0 N–H and O–H groups in total. The molecule has 124 valence electrons. The highest BCUT2D eigenvalue weighted by Crippen LogP contribution is 2.34. The molecular weight excluding hydrogens is 308 g/mol. The first-order valence-electron chi connectivity index (χ1n) is 8.42. The lowest BCUT2D eigenvalue weighted by atomic mass is 9.88. The molecule has 2 heteroatoms. The second-order valence-corrected chi connectivity index (χ2v) is 6.09. The van der Waals surface area contributed by atoms with Gasteiger partial charge in [0.1, 0.15) is 0 Å². The number of hydrogen-bond donors (Lipinski definition) is 0. The minimum Gasteiger partial charge on any atom is -0.298 e. The van der Waals surface area contributed by atoms with E-state index < -0.39 is 0 Å². The zero-order valence-corrected chi connectivity index (χ0v) is 14.5. The highest BCUT2D eigenvalue weighted by molar-refractivity contribution is 5.92. The second-order valence-electron chi connectivity index (χ2n) is 6.09. The van der Waals surface area contributed by atoms with E-state index in [0.717, 1.165) is 52.4 Å². The summed E-state index contributed by atoms with van der Waals surface area (Å²) in [5.41, 5.74) is 7.67. The zero-order chi connectivity index (χ0) is 17.8. The monoisotopic (exact) mass is 328 g/mol.